The molecule has 0 unspecified atom stereocenters. The van der Waals surface area contributed by atoms with E-state index in [0.717, 1.165) is 5.56 Å². The number of non-ortho nitro benzene ring substituents is 1. The monoisotopic (exact) mass is 323 g/mol. The minimum Gasteiger partial charge on any atom is -0.496 e. The highest BCUT2D eigenvalue weighted by atomic mass is 16.6. The fourth-order valence-corrected chi connectivity index (χ4v) is 2.34. The van der Waals surface area contributed by atoms with Gasteiger partial charge in [0.25, 0.3) is 5.69 Å². The Balaban J connectivity index is 1.99. The standard InChI is InChI=1S/C18H13NO5/c1-23-15-3-2-4-16-17(15)18(20)13(11-24-16)8-5-12-6-9-14(10-7-12)19(21)22/h2-11H,1H3/b8-5-. The van der Waals surface area contributed by atoms with E-state index in [1.54, 1.807) is 42.5 Å². The van der Waals surface area contributed by atoms with E-state index in [1.807, 2.05) is 0 Å². The van der Waals surface area contributed by atoms with Crippen LogP contribution in [0.2, 0.25) is 0 Å². The number of hydrogen-bond donors (Lipinski definition) is 0. The van der Waals surface area contributed by atoms with Gasteiger partial charge in [0.15, 0.2) is 0 Å². The molecule has 0 N–H and O–H groups in total. The topological polar surface area (TPSA) is 82.6 Å². The van der Waals surface area contributed by atoms with Crippen LogP contribution in [0.4, 0.5) is 5.69 Å². The summed E-state index contributed by atoms with van der Waals surface area (Å²) in [6.07, 6.45) is 4.68. The first-order valence-corrected chi connectivity index (χ1v) is 7.11. The second kappa shape index (κ2) is 6.37. The Labute approximate surface area is 136 Å². The smallest absolute Gasteiger partial charge is 0.269 e. The van der Waals surface area contributed by atoms with Crippen molar-refractivity contribution in [1.82, 2.24) is 0 Å². The fourth-order valence-electron chi connectivity index (χ4n) is 2.34. The van der Waals surface area contributed by atoms with E-state index in [9.17, 15) is 14.9 Å². The van der Waals surface area contributed by atoms with Gasteiger partial charge in [-0.1, -0.05) is 12.1 Å². The van der Waals surface area contributed by atoms with E-state index in [-0.39, 0.29) is 11.1 Å². The summed E-state index contributed by atoms with van der Waals surface area (Å²) in [5, 5.41) is 11.0. The number of nitrogens with zero attached hydrogens (tertiary/aromatic N) is 1. The maximum atomic E-state index is 12.6. The van der Waals surface area contributed by atoms with Crippen LogP contribution in [-0.2, 0) is 0 Å². The summed E-state index contributed by atoms with van der Waals surface area (Å²) in [5.74, 6) is 0.451. The Bertz CT molecular complexity index is 986. The first kappa shape index (κ1) is 15.5. The summed E-state index contributed by atoms with van der Waals surface area (Å²) in [5.41, 5.74) is 1.37. The van der Waals surface area contributed by atoms with Crippen molar-refractivity contribution in [3.63, 3.8) is 0 Å². The fraction of sp³-hybridized carbons (Fsp3) is 0.0556. The van der Waals surface area contributed by atoms with Gasteiger partial charge in [-0.2, -0.15) is 0 Å². The van der Waals surface area contributed by atoms with Crippen LogP contribution in [0, 0.1) is 10.1 Å². The lowest BCUT2D eigenvalue weighted by molar-refractivity contribution is -0.384. The summed E-state index contributed by atoms with van der Waals surface area (Å²) in [4.78, 5) is 22.8. The Morgan fingerprint density at radius 2 is 1.88 bits per heavy atom. The van der Waals surface area contributed by atoms with Gasteiger partial charge in [0, 0.05) is 12.1 Å². The van der Waals surface area contributed by atoms with Crippen LogP contribution in [0.3, 0.4) is 0 Å². The number of nitro groups is 1. The van der Waals surface area contributed by atoms with Gasteiger partial charge in [-0.3, -0.25) is 14.9 Å². The minimum atomic E-state index is -0.461. The molecule has 0 radical (unpaired) electrons. The number of benzene rings is 2. The molecule has 0 aliphatic carbocycles. The number of ether oxygens (including phenoxy) is 1. The van der Waals surface area contributed by atoms with Gasteiger partial charge < -0.3 is 9.15 Å². The molecule has 0 bridgehead atoms. The minimum absolute atomic E-state index is 0.0158. The molecule has 0 atom stereocenters. The molecule has 6 nitrogen and oxygen atoms in total. The molecule has 3 rings (SSSR count). The Hall–Kier alpha value is -3.41. The highest BCUT2D eigenvalue weighted by Crippen LogP contribution is 2.23. The van der Waals surface area contributed by atoms with Crippen LogP contribution in [0.25, 0.3) is 23.1 Å². The van der Waals surface area contributed by atoms with Crippen LogP contribution in [0.15, 0.2) is 57.9 Å². The third-order valence-electron chi connectivity index (χ3n) is 3.57. The molecule has 0 amide bonds. The summed E-state index contributed by atoms with van der Waals surface area (Å²) in [6.45, 7) is 0. The van der Waals surface area contributed by atoms with E-state index < -0.39 is 4.92 Å². The molecule has 1 aromatic heterocycles. The van der Waals surface area contributed by atoms with Gasteiger partial charge in [-0.15, -0.1) is 0 Å². The van der Waals surface area contributed by atoms with Crippen molar-refractivity contribution >= 4 is 28.8 Å². The highest BCUT2D eigenvalue weighted by molar-refractivity contribution is 5.86. The lowest BCUT2D eigenvalue weighted by Crippen LogP contribution is -2.06. The molecule has 0 aliphatic heterocycles. The number of hydrogen-bond acceptors (Lipinski definition) is 5. The summed E-state index contributed by atoms with van der Waals surface area (Å²) < 4.78 is 10.7. The lowest BCUT2D eigenvalue weighted by atomic mass is 10.1. The molecular weight excluding hydrogens is 310 g/mol. The Morgan fingerprint density at radius 3 is 2.54 bits per heavy atom. The first-order chi connectivity index (χ1) is 11.6. The zero-order valence-corrected chi connectivity index (χ0v) is 12.8. The van der Waals surface area contributed by atoms with Crippen molar-refractivity contribution in [2.24, 2.45) is 0 Å². The lowest BCUT2D eigenvalue weighted by Gasteiger charge is -2.04. The molecule has 24 heavy (non-hydrogen) atoms. The largest absolute Gasteiger partial charge is 0.496 e. The molecule has 1 heterocycles. The normalized spacial score (nSPS) is 11.0. The van der Waals surface area contributed by atoms with Crippen molar-refractivity contribution in [2.45, 2.75) is 0 Å². The molecule has 0 saturated heterocycles. The molecule has 6 heteroatoms. The molecule has 3 aromatic rings. The summed E-state index contributed by atoms with van der Waals surface area (Å²) in [7, 11) is 1.49. The second-order valence-electron chi connectivity index (χ2n) is 5.04. The van der Waals surface area contributed by atoms with Crippen molar-refractivity contribution in [2.75, 3.05) is 7.11 Å². The van der Waals surface area contributed by atoms with Gasteiger partial charge >= 0.3 is 0 Å². The molecule has 0 fully saturated rings. The van der Waals surface area contributed by atoms with E-state index >= 15 is 0 Å². The van der Waals surface area contributed by atoms with Crippen LogP contribution in [-0.4, -0.2) is 12.0 Å². The van der Waals surface area contributed by atoms with E-state index in [2.05, 4.69) is 0 Å². The summed E-state index contributed by atoms with van der Waals surface area (Å²) in [6, 6.07) is 11.2. The average molecular weight is 323 g/mol. The highest BCUT2D eigenvalue weighted by Gasteiger charge is 2.10. The second-order valence-corrected chi connectivity index (χ2v) is 5.04. The van der Waals surface area contributed by atoms with Gasteiger partial charge in [-0.25, -0.2) is 0 Å². The van der Waals surface area contributed by atoms with Crippen LogP contribution < -0.4 is 10.2 Å². The molecule has 2 aromatic carbocycles. The van der Waals surface area contributed by atoms with E-state index in [0.29, 0.717) is 22.3 Å². The summed E-state index contributed by atoms with van der Waals surface area (Å²) >= 11 is 0. The molecule has 120 valence electrons. The number of nitro benzene ring substituents is 1. The van der Waals surface area contributed by atoms with Crippen molar-refractivity contribution in [1.29, 1.82) is 0 Å². The molecule has 0 saturated carbocycles. The predicted molar refractivity (Wildman–Crippen MR) is 91.1 cm³/mol. The Kier molecular flexibility index (Phi) is 4.11. The van der Waals surface area contributed by atoms with Gasteiger partial charge in [0.2, 0.25) is 5.43 Å². The van der Waals surface area contributed by atoms with Gasteiger partial charge in [0.05, 0.1) is 17.6 Å². The van der Waals surface area contributed by atoms with Crippen molar-refractivity contribution in [3.05, 3.63) is 80.2 Å². The molecule has 0 spiro atoms. The van der Waals surface area contributed by atoms with E-state index in [1.165, 1.54) is 25.5 Å². The van der Waals surface area contributed by atoms with Gasteiger partial charge in [-0.05, 0) is 35.9 Å². The molecular formula is C18H13NO5. The van der Waals surface area contributed by atoms with Crippen LogP contribution in [0.1, 0.15) is 11.1 Å². The van der Waals surface area contributed by atoms with E-state index in [4.69, 9.17) is 9.15 Å². The zero-order chi connectivity index (χ0) is 17.1. The average Bonchev–Trinajstić information content (AvgIpc) is 2.61. The van der Waals surface area contributed by atoms with Crippen molar-refractivity contribution in [3.8, 4) is 5.75 Å². The number of methoxy groups -OCH3 is 1. The molecule has 0 aliphatic rings. The third kappa shape index (κ3) is 2.89. The maximum absolute atomic E-state index is 12.6. The zero-order valence-electron chi connectivity index (χ0n) is 12.8. The number of fused-ring (bicyclic) bond motifs is 1. The maximum Gasteiger partial charge on any atom is 0.269 e. The SMILES string of the molecule is COc1cccc2occ(/C=C\c3ccc([N+](=O)[O-])cc3)c(=O)c12. The first-order valence-electron chi connectivity index (χ1n) is 7.11. The van der Waals surface area contributed by atoms with Crippen molar-refractivity contribution < 1.29 is 14.1 Å². The van der Waals surface area contributed by atoms with Crippen LogP contribution >= 0.6 is 0 Å². The number of rotatable bonds is 4. The van der Waals surface area contributed by atoms with Crippen LogP contribution in [0.5, 0.6) is 5.75 Å². The third-order valence-corrected chi connectivity index (χ3v) is 3.57. The van der Waals surface area contributed by atoms with Gasteiger partial charge in [0.1, 0.15) is 23.0 Å². The Morgan fingerprint density at radius 1 is 1.12 bits per heavy atom. The predicted octanol–water partition coefficient (Wildman–Crippen LogP) is 3.88. The quantitative estimate of drug-likeness (QED) is 0.537.